The van der Waals surface area contributed by atoms with E-state index in [0.717, 1.165) is 35.7 Å². The quantitative estimate of drug-likeness (QED) is 0.699. The molecule has 1 aliphatic heterocycles. The van der Waals surface area contributed by atoms with E-state index in [1.807, 2.05) is 31.2 Å². The molecule has 4 nitrogen and oxygen atoms in total. The molecule has 4 rings (SSSR count). The highest BCUT2D eigenvalue weighted by atomic mass is 32.1. The first kappa shape index (κ1) is 18.1. The summed E-state index contributed by atoms with van der Waals surface area (Å²) in [5.74, 6) is 0.0795. The number of para-hydroxylation sites is 1. The van der Waals surface area contributed by atoms with Crippen LogP contribution in [0.5, 0.6) is 0 Å². The van der Waals surface area contributed by atoms with Crippen LogP contribution >= 0.6 is 11.3 Å². The number of hydrogen-bond acceptors (Lipinski definition) is 4. The monoisotopic (exact) mass is 379 g/mol. The summed E-state index contributed by atoms with van der Waals surface area (Å²) in [6, 6.07) is 16.3. The van der Waals surface area contributed by atoms with Crippen LogP contribution in [-0.2, 0) is 11.2 Å². The van der Waals surface area contributed by atoms with Crippen molar-refractivity contribution in [3.63, 3.8) is 0 Å². The van der Waals surface area contributed by atoms with Crippen molar-refractivity contribution in [1.29, 1.82) is 0 Å². The Kier molecular flexibility index (Phi) is 5.50. The summed E-state index contributed by atoms with van der Waals surface area (Å²) in [5.41, 5.74) is 3.13. The zero-order valence-corrected chi connectivity index (χ0v) is 16.5. The molecule has 1 aliphatic rings. The van der Waals surface area contributed by atoms with Crippen LogP contribution in [0.25, 0.3) is 10.2 Å². The number of hydrogen-bond donors (Lipinski definition) is 1. The van der Waals surface area contributed by atoms with Crippen LogP contribution in [0.3, 0.4) is 0 Å². The fourth-order valence-corrected chi connectivity index (χ4v) is 4.60. The number of amides is 1. The second kappa shape index (κ2) is 8.19. The van der Waals surface area contributed by atoms with Crippen LogP contribution in [0, 0.1) is 0 Å². The lowest BCUT2D eigenvalue weighted by Crippen LogP contribution is -2.44. The number of carbonyl (C=O) groups excluding carboxylic acids is 1. The fraction of sp³-hybridized carbons (Fsp3) is 0.364. The molecule has 0 saturated carbocycles. The number of benzene rings is 2. The molecule has 0 spiro atoms. The Balaban J connectivity index is 1.37. The van der Waals surface area contributed by atoms with Crippen LogP contribution in [0.15, 0.2) is 48.5 Å². The molecule has 1 atom stereocenters. The second-order valence-electron chi connectivity index (χ2n) is 7.21. The van der Waals surface area contributed by atoms with Gasteiger partial charge in [-0.1, -0.05) is 30.7 Å². The first-order chi connectivity index (χ1) is 13.2. The number of carbonyl (C=O) groups is 1. The molecule has 0 unspecified atom stereocenters. The van der Waals surface area contributed by atoms with E-state index in [1.54, 1.807) is 11.3 Å². The Morgan fingerprint density at radius 2 is 1.85 bits per heavy atom. The SMILES string of the molecule is C[C@@H](C(=O)Nc1ccc(Cc2nc3ccccc3s2)cc1)N1CCCCC1. The number of anilines is 1. The van der Waals surface area contributed by atoms with Gasteiger partial charge in [-0.2, -0.15) is 0 Å². The summed E-state index contributed by atoms with van der Waals surface area (Å²) in [7, 11) is 0. The minimum absolute atomic E-state index is 0.0762. The molecule has 0 bridgehead atoms. The van der Waals surface area contributed by atoms with Crippen molar-refractivity contribution >= 4 is 33.1 Å². The Hall–Kier alpha value is -2.24. The largest absolute Gasteiger partial charge is 0.325 e. The van der Waals surface area contributed by atoms with Crippen LogP contribution in [-0.4, -0.2) is 34.9 Å². The summed E-state index contributed by atoms with van der Waals surface area (Å²) in [5, 5.41) is 4.18. The number of thiazole rings is 1. The van der Waals surface area contributed by atoms with Crippen molar-refractivity contribution in [2.75, 3.05) is 18.4 Å². The molecule has 1 fully saturated rings. The second-order valence-corrected chi connectivity index (χ2v) is 8.33. The number of piperidine rings is 1. The number of fused-ring (bicyclic) bond motifs is 1. The van der Waals surface area contributed by atoms with Gasteiger partial charge < -0.3 is 5.32 Å². The fourth-order valence-electron chi connectivity index (χ4n) is 3.59. The van der Waals surface area contributed by atoms with Crippen LogP contribution in [0.2, 0.25) is 0 Å². The van der Waals surface area contributed by atoms with Crippen molar-refractivity contribution in [1.82, 2.24) is 9.88 Å². The Labute approximate surface area is 164 Å². The molecule has 1 aromatic heterocycles. The highest BCUT2D eigenvalue weighted by molar-refractivity contribution is 7.18. The molecule has 1 N–H and O–H groups in total. The maximum atomic E-state index is 12.5. The van der Waals surface area contributed by atoms with Gasteiger partial charge in [-0.3, -0.25) is 9.69 Å². The predicted octanol–water partition coefficient (Wildman–Crippen LogP) is 4.70. The summed E-state index contributed by atoms with van der Waals surface area (Å²) in [6.07, 6.45) is 4.48. The van der Waals surface area contributed by atoms with Gasteiger partial charge in [-0.25, -0.2) is 4.98 Å². The number of nitrogens with zero attached hydrogens (tertiary/aromatic N) is 2. The Bertz CT molecular complexity index is 880. The maximum Gasteiger partial charge on any atom is 0.241 e. The van der Waals surface area contributed by atoms with E-state index >= 15 is 0 Å². The number of nitrogens with one attached hydrogen (secondary N) is 1. The molecule has 2 aromatic carbocycles. The molecule has 1 saturated heterocycles. The van der Waals surface area contributed by atoms with E-state index in [4.69, 9.17) is 4.98 Å². The lowest BCUT2D eigenvalue weighted by Gasteiger charge is -2.31. The Morgan fingerprint density at radius 3 is 2.59 bits per heavy atom. The average molecular weight is 380 g/mol. The molecule has 0 aliphatic carbocycles. The van der Waals surface area contributed by atoms with Gasteiger partial charge >= 0.3 is 0 Å². The van der Waals surface area contributed by atoms with E-state index in [1.165, 1.54) is 29.5 Å². The smallest absolute Gasteiger partial charge is 0.241 e. The van der Waals surface area contributed by atoms with Gasteiger partial charge in [-0.15, -0.1) is 11.3 Å². The van der Waals surface area contributed by atoms with Gasteiger partial charge in [0.1, 0.15) is 0 Å². The first-order valence-electron chi connectivity index (χ1n) is 9.67. The predicted molar refractivity (Wildman–Crippen MR) is 112 cm³/mol. The molecule has 5 heteroatoms. The van der Waals surface area contributed by atoms with E-state index in [0.29, 0.717) is 0 Å². The molecule has 0 radical (unpaired) electrons. The van der Waals surface area contributed by atoms with Gasteiger partial charge in [0.15, 0.2) is 0 Å². The van der Waals surface area contributed by atoms with E-state index in [2.05, 4.69) is 34.5 Å². The molecule has 1 amide bonds. The first-order valence-corrected chi connectivity index (χ1v) is 10.5. The zero-order chi connectivity index (χ0) is 18.6. The summed E-state index contributed by atoms with van der Waals surface area (Å²) >= 11 is 1.74. The lowest BCUT2D eigenvalue weighted by atomic mass is 10.1. The zero-order valence-electron chi connectivity index (χ0n) is 15.6. The molecule has 140 valence electrons. The average Bonchev–Trinajstić information content (AvgIpc) is 3.12. The lowest BCUT2D eigenvalue weighted by molar-refractivity contribution is -0.121. The summed E-state index contributed by atoms with van der Waals surface area (Å²) in [4.78, 5) is 19.5. The van der Waals surface area contributed by atoms with Crippen molar-refractivity contribution in [3.8, 4) is 0 Å². The summed E-state index contributed by atoms with van der Waals surface area (Å²) < 4.78 is 1.23. The third-order valence-electron chi connectivity index (χ3n) is 5.23. The van der Waals surface area contributed by atoms with Gasteiger partial charge in [0.05, 0.1) is 21.3 Å². The molecule has 27 heavy (non-hydrogen) atoms. The van der Waals surface area contributed by atoms with Crippen LogP contribution < -0.4 is 5.32 Å². The topological polar surface area (TPSA) is 45.2 Å². The molecule has 2 heterocycles. The van der Waals surface area contributed by atoms with Crippen molar-refractivity contribution in [2.24, 2.45) is 0 Å². The molecule has 3 aromatic rings. The highest BCUT2D eigenvalue weighted by Gasteiger charge is 2.22. The standard InChI is InChI=1S/C22H25N3OS/c1-16(25-13-5-2-6-14-25)22(26)23-18-11-9-17(10-12-18)15-21-24-19-7-3-4-8-20(19)27-21/h3-4,7-12,16H,2,5-6,13-15H2,1H3,(H,23,26)/t16-/m0/s1. The van der Waals surface area contributed by atoms with Gasteiger partial charge in [-0.05, 0) is 62.7 Å². The molecular formula is C22H25N3OS. The maximum absolute atomic E-state index is 12.5. The minimum atomic E-state index is -0.0762. The summed E-state index contributed by atoms with van der Waals surface area (Å²) in [6.45, 7) is 4.05. The van der Waals surface area contributed by atoms with E-state index in [-0.39, 0.29) is 11.9 Å². The van der Waals surface area contributed by atoms with Crippen LogP contribution in [0.1, 0.15) is 36.8 Å². The number of aromatic nitrogens is 1. The number of rotatable bonds is 5. The highest BCUT2D eigenvalue weighted by Crippen LogP contribution is 2.24. The van der Waals surface area contributed by atoms with E-state index in [9.17, 15) is 4.79 Å². The number of likely N-dealkylation sites (tertiary alicyclic amines) is 1. The third kappa shape index (κ3) is 4.37. The van der Waals surface area contributed by atoms with Gasteiger partial charge in [0, 0.05) is 12.1 Å². The molecular weight excluding hydrogens is 354 g/mol. The Morgan fingerprint density at radius 1 is 1.11 bits per heavy atom. The minimum Gasteiger partial charge on any atom is -0.325 e. The third-order valence-corrected chi connectivity index (χ3v) is 6.27. The van der Waals surface area contributed by atoms with Crippen molar-refractivity contribution in [3.05, 3.63) is 59.1 Å². The van der Waals surface area contributed by atoms with Crippen molar-refractivity contribution in [2.45, 2.75) is 38.6 Å². The van der Waals surface area contributed by atoms with Crippen LogP contribution in [0.4, 0.5) is 5.69 Å². The van der Waals surface area contributed by atoms with E-state index < -0.39 is 0 Å². The van der Waals surface area contributed by atoms with Crippen molar-refractivity contribution < 1.29 is 4.79 Å². The normalized spacial score (nSPS) is 16.3. The van der Waals surface area contributed by atoms with Gasteiger partial charge in [0.25, 0.3) is 0 Å². The van der Waals surface area contributed by atoms with Gasteiger partial charge in [0.2, 0.25) is 5.91 Å².